The van der Waals surface area contributed by atoms with Crippen molar-refractivity contribution in [1.82, 2.24) is 0 Å². The van der Waals surface area contributed by atoms with Crippen molar-refractivity contribution in [3.8, 4) is 0 Å². The summed E-state index contributed by atoms with van der Waals surface area (Å²) in [5.41, 5.74) is 3.51. The number of hydrogen-bond acceptors (Lipinski definition) is 0. The Kier molecular flexibility index (Phi) is 1.14. The van der Waals surface area contributed by atoms with Crippen molar-refractivity contribution in [2.24, 2.45) is 5.92 Å². The molecule has 0 unspecified atom stereocenters. The Labute approximate surface area is 57.0 Å². The fourth-order valence-corrected chi connectivity index (χ4v) is 2.23. The average molecular weight is 122 g/mol. The predicted octanol–water partition coefficient (Wildman–Crippen LogP) is 2.90. The van der Waals surface area contributed by atoms with Gasteiger partial charge in [-0.15, -0.1) is 0 Å². The Bertz CT molecular complexity index is 143. The molecule has 0 atom stereocenters. The number of hydrogen-bond donors (Lipinski definition) is 0. The second-order valence-electron chi connectivity index (χ2n) is 3.53. The van der Waals surface area contributed by atoms with Crippen molar-refractivity contribution in [2.45, 2.75) is 39.0 Å². The fraction of sp³-hybridized carbons (Fsp3) is 0.778. The molecule has 0 heteroatoms. The lowest BCUT2D eigenvalue weighted by Crippen LogP contribution is -2.15. The van der Waals surface area contributed by atoms with Gasteiger partial charge in [-0.2, -0.15) is 0 Å². The summed E-state index contributed by atoms with van der Waals surface area (Å²) in [7, 11) is 0. The number of fused-ring (bicyclic) bond motifs is 3. The van der Waals surface area contributed by atoms with Crippen molar-refractivity contribution in [2.75, 3.05) is 0 Å². The Morgan fingerprint density at radius 1 is 1.22 bits per heavy atom. The van der Waals surface area contributed by atoms with Gasteiger partial charge in [0.25, 0.3) is 0 Å². The van der Waals surface area contributed by atoms with Crippen LogP contribution in [0.4, 0.5) is 0 Å². The summed E-state index contributed by atoms with van der Waals surface area (Å²) in [6.45, 7) is 2.32. The molecule has 0 aromatic carbocycles. The molecule has 0 radical (unpaired) electrons. The molecular formula is C9H14. The zero-order valence-electron chi connectivity index (χ0n) is 6.11. The van der Waals surface area contributed by atoms with Gasteiger partial charge in [-0.3, -0.25) is 0 Å². The van der Waals surface area contributed by atoms with E-state index in [1.165, 1.54) is 32.1 Å². The molecule has 3 rings (SSSR count). The van der Waals surface area contributed by atoms with Crippen LogP contribution in [0.3, 0.4) is 0 Å². The monoisotopic (exact) mass is 122 g/mol. The van der Waals surface area contributed by atoms with E-state index < -0.39 is 0 Å². The van der Waals surface area contributed by atoms with E-state index in [0.717, 1.165) is 5.92 Å². The third-order valence-corrected chi connectivity index (χ3v) is 2.91. The zero-order valence-corrected chi connectivity index (χ0v) is 6.11. The molecule has 1 fully saturated rings. The summed E-state index contributed by atoms with van der Waals surface area (Å²) < 4.78 is 0. The van der Waals surface area contributed by atoms with Crippen molar-refractivity contribution in [3.05, 3.63) is 11.1 Å². The molecule has 0 heterocycles. The highest BCUT2D eigenvalue weighted by atomic mass is 14.3. The Hall–Kier alpha value is -0.260. The van der Waals surface area contributed by atoms with Gasteiger partial charge in [0.1, 0.15) is 0 Å². The Morgan fingerprint density at radius 2 is 1.89 bits per heavy atom. The summed E-state index contributed by atoms with van der Waals surface area (Å²) in [5.74, 6) is 1.07. The van der Waals surface area contributed by atoms with Crippen LogP contribution >= 0.6 is 0 Å². The van der Waals surface area contributed by atoms with Gasteiger partial charge in [-0.05, 0) is 44.9 Å². The zero-order chi connectivity index (χ0) is 6.27. The van der Waals surface area contributed by atoms with Crippen LogP contribution in [0, 0.1) is 5.92 Å². The quantitative estimate of drug-likeness (QED) is 0.433. The summed E-state index contributed by atoms with van der Waals surface area (Å²) in [6.07, 6.45) is 7.27. The molecule has 3 aliphatic rings. The van der Waals surface area contributed by atoms with Crippen LogP contribution in [0.2, 0.25) is 0 Å². The van der Waals surface area contributed by atoms with Crippen molar-refractivity contribution in [3.63, 3.8) is 0 Å². The first-order chi connectivity index (χ1) is 4.36. The van der Waals surface area contributed by atoms with Crippen molar-refractivity contribution < 1.29 is 0 Å². The predicted molar refractivity (Wildman–Crippen MR) is 39.3 cm³/mol. The SMILES string of the molecule is CC1=C2CCC(CC2)C1. The molecule has 50 valence electrons. The summed E-state index contributed by atoms with van der Waals surface area (Å²) in [4.78, 5) is 0. The average Bonchev–Trinajstić information content (AvgIpc) is 1.90. The molecular weight excluding hydrogens is 108 g/mol. The normalized spacial score (nSPS) is 27.7. The first-order valence-electron chi connectivity index (χ1n) is 4.04. The molecule has 0 aliphatic heterocycles. The maximum Gasteiger partial charge on any atom is -0.0292 e. The summed E-state index contributed by atoms with van der Waals surface area (Å²) in [6, 6.07) is 0. The van der Waals surface area contributed by atoms with Crippen LogP contribution < -0.4 is 0 Å². The minimum atomic E-state index is 1.07. The van der Waals surface area contributed by atoms with Gasteiger partial charge in [0.2, 0.25) is 0 Å². The number of rotatable bonds is 0. The molecule has 0 aromatic rings. The molecule has 0 amide bonds. The molecule has 3 aliphatic carbocycles. The summed E-state index contributed by atoms with van der Waals surface area (Å²) in [5, 5.41) is 0. The molecule has 0 saturated heterocycles. The van der Waals surface area contributed by atoms with Gasteiger partial charge in [0.15, 0.2) is 0 Å². The minimum absolute atomic E-state index is 1.07. The van der Waals surface area contributed by atoms with Crippen LogP contribution in [-0.2, 0) is 0 Å². The Balaban J connectivity index is 2.29. The molecule has 9 heavy (non-hydrogen) atoms. The fourth-order valence-electron chi connectivity index (χ4n) is 2.23. The maximum absolute atomic E-state index is 2.32. The van der Waals surface area contributed by atoms with E-state index in [9.17, 15) is 0 Å². The van der Waals surface area contributed by atoms with Gasteiger partial charge in [-0.25, -0.2) is 0 Å². The third-order valence-electron chi connectivity index (χ3n) is 2.91. The van der Waals surface area contributed by atoms with E-state index >= 15 is 0 Å². The molecule has 2 bridgehead atoms. The van der Waals surface area contributed by atoms with Crippen LogP contribution in [-0.4, -0.2) is 0 Å². The molecule has 0 N–H and O–H groups in total. The topological polar surface area (TPSA) is 0 Å². The van der Waals surface area contributed by atoms with E-state index in [1.807, 2.05) is 0 Å². The molecule has 0 aromatic heterocycles. The standard InChI is InChI=1S/C9H14/c1-7-6-8-2-4-9(7)5-3-8/h8H,2-6H2,1H3. The molecule has 1 saturated carbocycles. The van der Waals surface area contributed by atoms with Crippen molar-refractivity contribution >= 4 is 0 Å². The highest BCUT2D eigenvalue weighted by Gasteiger charge is 2.23. The molecule has 0 spiro atoms. The lowest BCUT2D eigenvalue weighted by atomic mass is 9.74. The van der Waals surface area contributed by atoms with Gasteiger partial charge >= 0.3 is 0 Å². The van der Waals surface area contributed by atoms with E-state index in [0.29, 0.717) is 0 Å². The first kappa shape index (κ1) is 5.52. The van der Waals surface area contributed by atoms with E-state index in [1.54, 1.807) is 11.1 Å². The third kappa shape index (κ3) is 0.810. The lowest BCUT2D eigenvalue weighted by molar-refractivity contribution is 0.370. The minimum Gasteiger partial charge on any atom is -0.0738 e. The Morgan fingerprint density at radius 3 is 2.11 bits per heavy atom. The molecule has 0 nitrogen and oxygen atoms in total. The van der Waals surface area contributed by atoms with Crippen LogP contribution in [0.15, 0.2) is 11.1 Å². The van der Waals surface area contributed by atoms with Gasteiger partial charge in [-0.1, -0.05) is 11.1 Å². The summed E-state index contributed by atoms with van der Waals surface area (Å²) >= 11 is 0. The second kappa shape index (κ2) is 1.86. The first-order valence-corrected chi connectivity index (χ1v) is 4.04. The van der Waals surface area contributed by atoms with E-state index in [2.05, 4.69) is 6.92 Å². The van der Waals surface area contributed by atoms with Gasteiger partial charge in [0.05, 0.1) is 0 Å². The van der Waals surface area contributed by atoms with E-state index in [-0.39, 0.29) is 0 Å². The highest BCUT2D eigenvalue weighted by molar-refractivity contribution is 5.19. The largest absolute Gasteiger partial charge is 0.0738 e. The maximum atomic E-state index is 2.32. The smallest absolute Gasteiger partial charge is 0.0292 e. The van der Waals surface area contributed by atoms with Crippen LogP contribution in [0.5, 0.6) is 0 Å². The van der Waals surface area contributed by atoms with E-state index in [4.69, 9.17) is 0 Å². The lowest BCUT2D eigenvalue weighted by Gasteiger charge is -2.32. The van der Waals surface area contributed by atoms with Crippen molar-refractivity contribution in [1.29, 1.82) is 0 Å². The van der Waals surface area contributed by atoms with Crippen LogP contribution in [0.1, 0.15) is 39.0 Å². The van der Waals surface area contributed by atoms with Gasteiger partial charge < -0.3 is 0 Å². The number of allylic oxidation sites excluding steroid dienone is 2. The second-order valence-corrected chi connectivity index (χ2v) is 3.53. The highest BCUT2D eigenvalue weighted by Crippen LogP contribution is 2.40. The van der Waals surface area contributed by atoms with Gasteiger partial charge in [0, 0.05) is 0 Å². The van der Waals surface area contributed by atoms with Crippen LogP contribution in [0.25, 0.3) is 0 Å².